The van der Waals surface area contributed by atoms with Crippen LogP contribution in [0.5, 0.6) is 0 Å². The van der Waals surface area contributed by atoms with Gasteiger partial charge in [0.1, 0.15) is 6.54 Å². The monoisotopic (exact) mass is 279 g/mol. The maximum absolute atomic E-state index is 11.8. The first kappa shape index (κ1) is 13.5. The highest BCUT2D eigenvalue weighted by Gasteiger charge is 2.08. The lowest BCUT2D eigenvalue weighted by Crippen LogP contribution is -2.19. The molecule has 6 nitrogen and oxygen atoms in total. The van der Waals surface area contributed by atoms with Crippen molar-refractivity contribution in [3.63, 3.8) is 0 Å². The fraction of sp³-hybridized carbons (Fsp3) is 0.250. The lowest BCUT2D eigenvalue weighted by atomic mass is 10.3. The topological polar surface area (TPSA) is 85.8 Å². The number of carbonyl (C=O) groups is 1. The van der Waals surface area contributed by atoms with Crippen LogP contribution >= 0.6 is 11.6 Å². The van der Waals surface area contributed by atoms with E-state index in [0.29, 0.717) is 16.4 Å². The van der Waals surface area contributed by atoms with Gasteiger partial charge in [-0.1, -0.05) is 22.9 Å². The third-order valence-electron chi connectivity index (χ3n) is 2.44. The first-order valence-corrected chi connectivity index (χ1v) is 6.13. The first-order valence-electron chi connectivity index (χ1n) is 5.75. The van der Waals surface area contributed by atoms with E-state index in [0.717, 1.165) is 0 Å². The number of rotatable bonds is 4. The minimum Gasteiger partial charge on any atom is -0.324 e. The average Bonchev–Trinajstić information content (AvgIpc) is 2.77. The molecule has 1 amide bonds. The maximum atomic E-state index is 11.8. The smallest absolute Gasteiger partial charge is 0.246 e. The van der Waals surface area contributed by atoms with Gasteiger partial charge >= 0.3 is 0 Å². The van der Waals surface area contributed by atoms with Crippen LogP contribution < -0.4 is 11.1 Å². The molecule has 0 radical (unpaired) electrons. The molecule has 0 aliphatic carbocycles. The number of hydrogen-bond acceptors (Lipinski definition) is 4. The molecule has 3 N–H and O–H groups in total. The molecule has 1 unspecified atom stereocenters. The number of nitrogens with one attached hydrogen (secondary N) is 1. The molecule has 2 aromatic rings. The van der Waals surface area contributed by atoms with Gasteiger partial charge in [0, 0.05) is 16.8 Å². The third-order valence-corrected chi connectivity index (χ3v) is 2.67. The van der Waals surface area contributed by atoms with Crippen LogP contribution in [-0.2, 0) is 11.3 Å². The molecule has 0 saturated heterocycles. The van der Waals surface area contributed by atoms with Crippen molar-refractivity contribution in [3.8, 4) is 0 Å². The van der Waals surface area contributed by atoms with Gasteiger partial charge < -0.3 is 11.1 Å². The Morgan fingerprint density at radius 3 is 3.00 bits per heavy atom. The zero-order valence-electron chi connectivity index (χ0n) is 10.4. The number of nitrogens with zero attached hydrogens (tertiary/aromatic N) is 3. The molecule has 0 bridgehead atoms. The molecule has 1 atom stereocenters. The summed E-state index contributed by atoms with van der Waals surface area (Å²) in [5.41, 5.74) is 6.96. The number of nitrogens with two attached hydrogens (primary N) is 1. The molecule has 100 valence electrons. The van der Waals surface area contributed by atoms with Gasteiger partial charge in [0.25, 0.3) is 0 Å². The van der Waals surface area contributed by atoms with E-state index < -0.39 is 0 Å². The molecule has 1 aromatic carbocycles. The molecular formula is C12H14ClN5O. The highest BCUT2D eigenvalue weighted by molar-refractivity contribution is 6.30. The lowest BCUT2D eigenvalue weighted by Gasteiger charge is -2.05. The minimum absolute atomic E-state index is 0.0756. The average molecular weight is 280 g/mol. The highest BCUT2D eigenvalue weighted by atomic mass is 35.5. The fourth-order valence-corrected chi connectivity index (χ4v) is 1.70. The quantitative estimate of drug-likeness (QED) is 0.890. The Labute approximate surface area is 115 Å². The van der Waals surface area contributed by atoms with Crippen molar-refractivity contribution in [1.82, 2.24) is 15.0 Å². The predicted octanol–water partition coefficient (Wildman–Crippen LogP) is 1.59. The molecule has 7 heteroatoms. The van der Waals surface area contributed by atoms with Crippen molar-refractivity contribution in [2.45, 2.75) is 19.5 Å². The Kier molecular flexibility index (Phi) is 4.13. The van der Waals surface area contributed by atoms with Crippen LogP contribution in [0.1, 0.15) is 18.7 Å². The van der Waals surface area contributed by atoms with Crippen molar-refractivity contribution in [2.75, 3.05) is 5.32 Å². The third kappa shape index (κ3) is 3.77. The van der Waals surface area contributed by atoms with Crippen LogP contribution in [0.2, 0.25) is 5.02 Å². The number of benzene rings is 1. The van der Waals surface area contributed by atoms with Crippen LogP contribution in [0.25, 0.3) is 0 Å². The summed E-state index contributed by atoms with van der Waals surface area (Å²) in [5.74, 6) is -0.205. The lowest BCUT2D eigenvalue weighted by molar-refractivity contribution is -0.116. The second kappa shape index (κ2) is 5.81. The van der Waals surface area contributed by atoms with E-state index in [-0.39, 0.29) is 18.5 Å². The van der Waals surface area contributed by atoms with E-state index in [1.807, 2.05) is 0 Å². The van der Waals surface area contributed by atoms with Crippen molar-refractivity contribution < 1.29 is 4.79 Å². The Bertz CT molecular complexity index is 581. The standard InChI is InChI=1S/C12H14ClN5O/c1-8(14)11-6-18(17-16-11)7-12(19)15-10-4-2-3-9(13)5-10/h2-6,8H,7,14H2,1H3,(H,15,19). The number of anilines is 1. The number of amides is 1. The Morgan fingerprint density at radius 2 is 2.37 bits per heavy atom. The molecule has 2 rings (SSSR count). The van der Waals surface area contributed by atoms with Crippen LogP contribution in [-0.4, -0.2) is 20.9 Å². The molecule has 0 aliphatic rings. The summed E-state index contributed by atoms with van der Waals surface area (Å²) < 4.78 is 1.44. The van der Waals surface area contributed by atoms with Crippen LogP contribution in [0.4, 0.5) is 5.69 Å². The number of hydrogen-bond donors (Lipinski definition) is 2. The molecule has 0 fully saturated rings. The SMILES string of the molecule is CC(N)c1cn(CC(=O)Nc2cccc(Cl)c2)nn1. The van der Waals surface area contributed by atoms with Gasteiger partial charge in [0.05, 0.1) is 11.9 Å². The first-order chi connectivity index (χ1) is 9.04. The van der Waals surface area contributed by atoms with Crippen LogP contribution in [0.3, 0.4) is 0 Å². The largest absolute Gasteiger partial charge is 0.324 e. The van der Waals surface area contributed by atoms with Crippen molar-refractivity contribution in [2.24, 2.45) is 5.73 Å². The van der Waals surface area contributed by atoms with Crippen molar-refractivity contribution in [3.05, 3.63) is 41.2 Å². The summed E-state index contributed by atoms with van der Waals surface area (Å²) in [4.78, 5) is 11.8. The van der Waals surface area contributed by atoms with Crippen LogP contribution in [0, 0.1) is 0 Å². The molecule has 0 aliphatic heterocycles. The van der Waals surface area contributed by atoms with E-state index in [2.05, 4.69) is 15.6 Å². The van der Waals surface area contributed by atoms with Gasteiger partial charge in [0.15, 0.2) is 0 Å². The van der Waals surface area contributed by atoms with Crippen molar-refractivity contribution >= 4 is 23.2 Å². The number of halogens is 1. The second-order valence-corrected chi connectivity index (χ2v) is 4.62. The minimum atomic E-state index is -0.205. The molecule has 1 aromatic heterocycles. The van der Waals surface area contributed by atoms with E-state index in [1.165, 1.54) is 4.68 Å². The van der Waals surface area contributed by atoms with E-state index in [1.54, 1.807) is 37.4 Å². The zero-order valence-corrected chi connectivity index (χ0v) is 11.1. The van der Waals surface area contributed by atoms with Gasteiger partial charge in [-0.25, -0.2) is 4.68 Å². The number of aromatic nitrogens is 3. The normalized spacial score (nSPS) is 12.2. The fourth-order valence-electron chi connectivity index (χ4n) is 1.51. The summed E-state index contributed by atoms with van der Waals surface area (Å²) >= 11 is 5.83. The molecular weight excluding hydrogens is 266 g/mol. The molecule has 0 saturated carbocycles. The zero-order chi connectivity index (χ0) is 13.8. The molecule has 19 heavy (non-hydrogen) atoms. The van der Waals surface area contributed by atoms with Gasteiger partial charge in [-0.15, -0.1) is 5.10 Å². The Balaban J connectivity index is 1.97. The highest BCUT2D eigenvalue weighted by Crippen LogP contribution is 2.14. The van der Waals surface area contributed by atoms with Gasteiger partial charge in [-0.3, -0.25) is 4.79 Å². The Morgan fingerprint density at radius 1 is 1.58 bits per heavy atom. The van der Waals surface area contributed by atoms with Gasteiger partial charge in [-0.2, -0.15) is 0 Å². The second-order valence-electron chi connectivity index (χ2n) is 4.19. The molecule has 0 spiro atoms. The summed E-state index contributed by atoms with van der Waals surface area (Å²) in [6.07, 6.45) is 1.65. The predicted molar refractivity (Wildman–Crippen MR) is 72.7 cm³/mol. The summed E-state index contributed by atoms with van der Waals surface area (Å²) in [6.45, 7) is 1.88. The van der Waals surface area contributed by atoms with Crippen molar-refractivity contribution in [1.29, 1.82) is 0 Å². The van der Waals surface area contributed by atoms with Gasteiger partial charge in [-0.05, 0) is 25.1 Å². The van der Waals surface area contributed by atoms with Crippen LogP contribution in [0.15, 0.2) is 30.5 Å². The summed E-state index contributed by atoms with van der Waals surface area (Å²) in [5, 5.41) is 11.0. The molecule has 1 heterocycles. The summed E-state index contributed by atoms with van der Waals surface area (Å²) in [7, 11) is 0. The number of carbonyl (C=O) groups excluding carboxylic acids is 1. The summed E-state index contributed by atoms with van der Waals surface area (Å²) in [6, 6.07) is 6.74. The van der Waals surface area contributed by atoms with E-state index >= 15 is 0 Å². The Hall–Kier alpha value is -1.92. The maximum Gasteiger partial charge on any atom is 0.246 e. The van der Waals surface area contributed by atoms with Gasteiger partial charge in [0.2, 0.25) is 5.91 Å². The van der Waals surface area contributed by atoms with E-state index in [9.17, 15) is 4.79 Å². The van der Waals surface area contributed by atoms with E-state index in [4.69, 9.17) is 17.3 Å².